The molecule has 2 rings (SSSR count). The van der Waals surface area contributed by atoms with E-state index in [1.54, 1.807) is 0 Å². The SMILES string of the molecule is CN(Cc1ccc(Br)cc1)CC1(CN)CCCCC1. The lowest BCUT2D eigenvalue weighted by molar-refractivity contribution is 0.124. The third-order valence-electron chi connectivity index (χ3n) is 4.32. The highest BCUT2D eigenvalue weighted by Gasteiger charge is 2.31. The molecule has 1 aromatic rings. The van der Waals surface area contributed by atoms with E-state index in [1.807, 2.05) is 0 Å². The van der Waals surface area contributed by atoms with E-state index in [4.69, 9.17) is 5.73 Å². The highest BCUT2D eigenvalue weighted by molar-refractivity contribution is 9.10. The summed E-state index contributed by atoms with van der Waals surface area (Å²) >= 11 is 3.48. The van der Waals surface area contributed by atoms with Crippen molar-refractivity contribution < 1.29 is 0 Å². The summed E-state index contributed by atoms with van der Waals surface area (Å²) in [4.78, 5) is 2.43. The third-order valence-corrected chi connectivity index (χ3v) is 4.85. The van der Waals surface area contributed by atoms with Crippen LogP contribution in [0.4, 0.5) is 0 Å². The first-order chi connectivity index (χ1) is 9.13. The van der Waals surface area contributed by atoms with Crippen LogP contribution in [0.3, 0.4) is 0 Å². The first-order valence-electron chi connectivity index (χ1n) is 7.27. The highest BCUT2D eigenvalue weighted by Crippen LogP contribution is 2.36. The molecule has 19 heavy (non-hydrogen) atoms. The van der Waals surface area contributed by atoms with Crippen LogP contribution in [-0.2, 0) is 6.54 Å². The summed E-state index contributed by atoms with van der Waals surface area (Å²) in [6, 6.07) is 8.61. The van der Waals surface area contributed by atoms with Crippen LogP contribution in [0.25, 0.3) is 0 Å². The molecule has 0 aliphatic heterocycles. The molecule has 0 unspecified atom stereocenters. The Morgan fingerprint density at radius 1 is 1.16 bits per heavy atom. The lowest BCUT2D eigenvalue weighted by atomic mass is 9.73. The summed E-state index contributed by atoms with van der Waals surface area (Å²) in [5, 5.41) is 0. The Hall–Kier alpha value is -0.380. The van der Waals surface area contributed by atoms with Crippen molar-refractivity contribution in [2.45, 2.75) is 38.6 Å². The molecule has 2 nitrogen and oxygen atoms in total. The number of hydrogen-bond donors (Lipinski definition) is 1. The smallest absolute Gasteiger partial charge is 0.0230 e. The Bertz CT molecular complexity index is 382. The lowest BCUT2D eigenvalue weighted by Gasteiger charge is -2.39. The van der Waals surface area contributed by atoms with Crippen molar-refractivity contribution in [2.24, 2.45) is 11.1 Å². The van der Waals surface area contributed by atoms with Crippen molar-refractivity contribution in [2.75, 3.05) is 20.1 Å². The molecule has 1 aliphatic carbocycles. The topological polar surface area (TPSA) is 29.3 Å². The van der Waals surface area contributed by atoms with Crippen molar-refractivity contribution >= 4 is 15.9 Å². The number of hydrogen-bond acceptors (Lipinski definition) is 2. The molecule has 0 spiro atoms. The second kappa shape index (κ2) is 6.87. The van der Waals surface area contributed by atoms with Crippen LogP contribution in [0.15, 0.2) is 28.7 Å². The fourth-order valence-corrected chi connectivity index (χ4v) is 3.52. The van der Waals surface area contributed by atoms with Gasteiger partial charge in [-0.05, 0) is 49.5 Å². The molecule has 1 fully saturated rings. The van der Waals surface area contributed by atoms with Crippen LogP contribution in [0.2, 0.25) is 0 Å². The highest BCUT2D eigenvalue weighted by atomic mass is 79.9. The van der Waals surface area contributed by atoms with Gasteiger partial charge in [0.05, 0.1) is 0 Å². The van der Waals surface area contributed by atoms with Crippen molar-refractivity contribution in [3.05, 3.63) is 34.3 Å². The quantitative estimate of drug-likeness (QED) is 0.892. The van der Waals surface area contributed by atoms with Crippen LogP contribution in [-0.4, -0.2) is 25.0 Å². The maximum Gasteiger partial charge on any atom is 0.0230 e. The minimum absolute atomic E-state index is 0.363. The molecule has 0 bridgehead atoms. The predicted molar refractivity (Wildman–Crippen MR) is 85.0 cm³/mol. The van der Waals surface area contributed by atoms with Gasteiger partial charge in [0.2, 0.25) is 0 Å². The number of halogens is 1. The Morgan fingerprint density at radius 2 is 1.79 bits per heavy atom. The molecule has 1 aromatic carbocycles. The minimum Gasteiger partial charge on any atom is -0.330 e. The van der Waals surface area contributed by atoms with Crippen molar-refractivity contribution in [1.29, 1.82) is 0 Å². The van der Waals surface area contributed by atoms with Gasteiger partial charge in [-0.2, -0.15) is 0 Å². The molecular formula is C16H25BrN2. The molecule has 0 saturated heterocycles. The maximum absolute atomic E-state index is 6.07. The predicted octanol–water partition coefficient (Wildman–Crippen LogP) is 3.79. The van der Waals surface area contributed by atoms with E-state index in [0.717, 1.165) is 24.1 Å². The zero-order valence-electron chi connectivity index (χ0n) is 11.9. The van der Waals surface area contributed by atoms with Crippen LogP contribution >= 0.6 is 15.9 Å². The Morgan fingerprint density at radius 3 is 2.37 bits per heavy atom. The van der Waals surface area contributed by atoms with E-state index in [2.05, 4.69) is 52.1 Å². The number of nitrogens with zero attached hydrogens (tertiary/aromatic N) is 1. The molecular weight excluding hydrogens is 300 g/mol. The molecule has 0 radical (unpaired) electrons. The van der Waals surface area contributed by atoms with E-state index in [-0.39, 0.29) is 0 Å². The van der Waals surface area contributed by atoms with E-state index >= 15 is 0 Å². The monoisotopic (exact) mass is 324 g/mol. The van der Waals surface area contributed by atoms with Gasteiger partial charge < -0.3 is 10.6 Å². The molecule has 1 saturated carbocycles. The average molecular weight is 325 g/mol. The van der Waals surface area contributed by atoms with Gasteiger partial charge in [-0.15, -0.1) is 0 Å². The lowest BCUT2D eigenvalue weighted by Crippen LogP contribution is -2.42. The molecule has 1 aliphatic rings. The van der Waals surface area contributed by atoms with E-state index in [9.17, 15) is 0 Å². The average Bonchev–Trinajstić information content (AvgIpc) is 2.42. The van der Waals surface area contributed by atoms with E-state index < -0.39 is 0 Å². The molecule has 2 N–H and O–H groups in total. The van der Waals surface area contributed by atoms with Gasteiger partial charge in [-0.3, -0.25) is 0 Å². The minimum atomic E-state index is 0.363. The molecule has 0 atom stereocenters. The molecule has 0 heterocycles. The largest absolute Gasteiger partial charge is 0.330 e. The summed E-state index contributed by atoms with van der Waals surface area (Å²) in [6.45, 7) is 2.96. The summed E-state index contributed by atoms with van der Waals surface area (Å²) in [7, 11) is 2.22. The van der Waals surface area contributed by atoms with E-state index in [0.29, 0.717) is 5.41 Å². The number of rotatable bonds is 5. The van der Waals surface area contributed by atoms with Gasteiger partial charge in [0.15, 0.2) is 0 Å². The fourth-order valence-electron chi connectivity index (χ4n) is 3.26. The molecule has 0 amide bonds. The zero-order chi connectivity index (χ0) is 13.7. The standard InChI is InChI=1S/C16H25BrN2/c1-19(11-14-5-7-15(17)8-6-14)13-16(12-18)9-3-2-4-10-16/h5-8H,2-4,9-13,18H2,1H3. The normalized spacial score (nSPS) is 18.7. The molecule has 3 heteroatoms. The number of nitrogens with two attached hydrogens (primary N) is 1. The van der Waals surface area contributed by atoms with Crippen molar-refractivity contribution in [1.82, 2.24) is 4.90 Å². The van der Waals surface area contributed by atoms with Crippen LogP contribution in [0.1, 0.15) is 37.7 Å². The summed E-state index contributed by atoms with van der Waals surface area (Å²) in [5.74, 6) is 0. The summed E-state index contributed by atoms with van der Waals surface area (Å²) in [6.07, 6.45) is 6.69. The Balaban J connectivity index is 1.92. The third kappa shape index (κ3) is 4.30. The zero-order valence-corrected chi connectivity index (χ0v) is 13.5. The van der Waals surface area contributed by atoms with Crippen LogP contribution in [0.5, 0.6) is 0 Å². The fraction of sp³-hybridized carbons (Fsp3) is 0.625. The van der Waals surface area contributed by atoms with Crippen molar-refractivity contribution in [3.8, 4) is 0 Å². The number of benzene rings is 1. The van der Waals surface area contributed by atoms with Gasteiger partial charge in [0.1, 0.15) is 0 Å². The molecule has 106 valence electrons. The second-order valence-corrected chi connectivity index (χ2v) is 6.98. The van der Waals surface area contributed by atoms with Gasteiger partial charge in [-0.25, -0.2) is 0 Å². The maximum atomic E-state index is 6.07. The first kappa shape index (κ1) is 15.0. The first-order valence-corrected chi connectivity index (χ1v) is 8.06. The van der Waals surface area contributed by atoms with Gasteiger partial charge in [0, 0.05) is 17.6 Å². The Kier molecular flexibility index (Phi) is 5.43. The second-order valence-electron chi connectivity index (χ2n) is 6.06. The van der Waals surface area contributed by atoms with Crippen molar-refractivity contribution in [3.63, 3.8) is 0 Å². The van der Waals surface area contributed by atoms with Gasteiger partial charge in [0.25, 0.3) is 0 Å². The molecule has 0 aromatic heterocycles. The van der Waals surface area contributed by atoms with Crippen LogP contribution in [0, 0.1) is 5.41 Å². The van der Waals surface area contributed by atoms with Crippen LogP contribution < -0.4 is 5.73 Å². The Labute approximate surface area is 125 Å². The van der Waals surface area contributed by atoms with E-state index in [1.165, 1.54) is 37.7 Å². The van der Waals surface area contributed by atoms with Gasteiger partial charge in [-0.1, -0.05) is 47.3 Å². The van der Waals surface area contributed by atoms with Gasteiger partial charge >= 0.3 is 0 Å². The summed E-state index contributed by atoms with van der Waals surface area (Å²) in [5.41, 5.74) is 7.80. The summed E-state index contributed by atoms with van der Waals surface area (Å²) < 4.78 is 1.14.